The van der Waals surface area contributed by atoms with Crippen molar-refractivity contribution in [1.82, 2.24) is 27.3 Å². The number of likely N-dealkylation sites (N-methyl/N-ethyl adjacent to an activating group) is 2. The molecule has 4 rings (SSSR count). The van der Waals surface area contributed by atoms with Gasteiger partial charge in [0.25, 0.3) is 11.8 Å². The smallest absolute Gasteiger partial charge is 0.253 e. The lowest BCUT2D eigenvalue weighted by atomic mass is 10.1. The Kier molecular flexibility index (Phi) is 8.10. The number of ether oxygens (including phenoxy) is 2. The molecule has 4 heterocycles. The van der Waals surface area contributed by atoms with Crippen molar-refractivity contribution in [2.75, 3.05) is 54.0 Å². The summed E-state index contributed by atoms with van der Waals surface area (Å²) in [6, 6.07) is 0. The number of aromatic nitrogens is 4. The molecule has 0 fully saturated rings. The Labute approximate surface area is 180 Å². The quantitative estimate of drug-likeness (QED) is 0.708. The van der Waals surface area contributed by atoms with Crippen LogP contribution in [-0.2, 0) is 0 Å². The zero-order chi connectivity index (χ0) is 20.6. The van der Waals surface area contributed by atoms with Crippen LogP contribution in [-0.4, -0.2) is 81.3 Å². The molecule has 10 heteroatoms. The Bertz CT molecular complexity index is 847. The molecule has 0 atom stereocenters. The van der Waals surface area contributed by atoms with Gasteiger partial charge in [0, 0.05) is 26.2 Å². The first-order valence-electron chi connectivity index (χ1n) is 9.70. The predicted molar refractivity (Wildman–Crippen MR) is 118 cm³/mol. The van der Waals surface area contributed by atoms with E-state index in [-0.39, 0.29) is 0 Å². The number of methoxy groups -OCH3 is 1. The maximum atomic E-state index is 5.44. The van der Waals surface area contributed by atoms with Gasteiger partial charge in [0.05, 0.1) is 37.2 Å². The van der Waals surface area contributed by atoms with Crippen LogP contribution in [0, 0.1) is 0 Å². The van der Waals surface area contributed by atoms with Gasteiger partial charge in [-0.3, -0.25) is 0 Å². The monoisotopic (exact) mass is 436 g/mol. The lowest BCUT2D eigenvalue weighted by Crippen LogP contribution is -2.25. The summed E-state index contributed by atoms with van der Waals surface area (Å²) in [5.41, 5.74) is 4.29. The summed E-state index contributed by atoms with van der Waals surface area (Å²) in [5, 5.41) is 0. The molecule has 0 radical (unpaired) electrons. The van der Waals surface area contributed by atoms with Crippen LogP contribution in [0.25, 0.3) is 11.1 Å². The zero-order valence-electron chi connectivity index (χ0n) is 17.4. The summed E-state index contributed by atoms with van der Waals surface area (Å²) in [6.07, 6.45) is 6.61. The molecule has 2 aliphatic rings. The van der Waals surface area contributed by atoms with Crippen LogP contribution in [0.5, 0.6) is 11.8 Å². The van der Waals surface area contributed by atoms with Crippen molar-refractivity contribution >= 4 is 34.6 Å². The molecule has 0 amide bonds. The Balaban J connectivity index is 0.000000166. The molecule has 2 aromatic heterocycles. The Morgan fingerprint density at radius 2 is 1.38 bits per heavy atom. The molecular formula is C19H28N6O2S2. The van der Waals surface area contributed by atoms with E-state index in [9.17, 15) is 0 Å². The summed E-state index contributed by atoms with van der Waals surface area (Å²) in [7, 11) is 5.86. The summed E-state index contributed by atoms with van der Waals surface area (Å²) in [6.45, 7) is 6.70. The maximum absolute atomic E-state index is 5.44. The molecule has 0 bridgehead atoms. The second-order valence-corrected chi connectivity index (χ2v) is 8.04. The zero-order valence-corrected chi connectivity index (χ0v) is 19.1. The molecule has 158 valence electrons. The Morgan fingerprint density at radius 1 is 0.862 bits per heavy atom. The highest BCUT2D eigenvalue weighted by atomic mass is 32.1. The number of hydrogen-bond acceptors (Lipinski definition) is 10. The van der Waals surface area contributed by atoms with E-state index >= 15 is 0 Å². The van der Waals surface area contributed by atoms with Crippen molar-refractivity contribution in [3.8, 4) is 11.8 Å². The van der Waals surface area contributed by atoms with Gasteiger partial charge in [0.15, 0.2) is 0 Å². The minimum atomic E-state index is 0.640. The van der Waals surface area contributed by atoms with E-state index in [1.54, 1.807) is 7.11 Å². The normalized spacial score (nSPS) is 17.8. The molecule has 0 saturated heterocycles. The summed E-state index contributed by atoms with van der Waals surface area (Å²) in [4.78, 5) is 4.55. The van der Waals surface area contributed by atoms with Crippen molar-refractivity contribution in [3.63, 3.8) is 0 Å². The van der Waals surface area contributed by atoms with E-state index in [0.717, 1.165) is 50.4 Å². The van der Waals surface area contributed by atoms with Crippen molar-refractivity contribution in [2.45, 2.75) is 19.8 Å². The minimum Gasteiger partial charge on any atom is -0.479 e. The van der Waals surface area contributed by atoms with E-state index in [0.29, 0.717) is 18.4 Å². The van der Waals surface area contributed by atoms with E-state index in [4.69, 9.17) is 9.47 Å². The van der Waals surface area contributed by atoms with Gasteiger partial charge in [-0.05, 0) is 45.0 Å². The average Bonchev–Trinajstić information content (AvgIpc) is 3.38. The maximum Gasteiger partial charge on any atom is 0.253 e. The van der Waals surface area contributed by atoms with Gasteiger partial charge in [0.1, 0.15) is 11.4 Å². The number of hydrogen-bond donors (Lipinski definition) is 0. The fraction of sp³-hybridized carbons (Fsp3) is 0.579. The van der Waals surface area contributed by atoms with E-state index in [1.165, 1.54) is 34.6 Å². The van der Waals surface area contributed by atoms with E-state index in [2.05, 4.69) is 53.5 Å². The highest BCUT2D eigenvalue weighted by Crippen LogP contribution is 2.27. The molecule has 2 aromatic rings. The van der Waals surface area contributed by atoms with Crippen molar-refractivity contribution in [2.24, 2.45) is 0 Å². The third kappa shape index (κ3) is 5.81. The van der Waals surface area contributed by atoms with Crippen LogP contribution < -0.4 is 9.47 Å². The first kappa shape index (κ1) is 21.8. The SMILES string of the molecule is CCOc1nsnc1C1=CCCN(C)C1.COc1nsnc1C1=CCCN(C)C1. The molecule has 29 heavy (non-hydrogen) atoms. The molecule has 2 aliphatic heterocycles. The fourth-order valence-corrected chi connectivity index (χ4v) is 4.33. The van der Waals surface area contributed by atoms with Crippen molar-refractivity contribution < 1.29 is 9.47 Å². The molecule has 0 aromatic carbocycles. The van der Waals surface area contributed by atoms with Gasteiger partial charge < -0.3 is 19.3 Å². The van der Waals surface area contributed by atoms with Gasteiger partial charge in [-0.25, -0.2) is 0 Å². The summed E-state index contributed by atoms with van der Waals surface area (Å²) >= 11 is 2.42. The summed E-state index contributed by atoms with van der Waals surface area (Å²) < 4.78 is 27.4. The van der Waals surface area contributed by atoms with Crippen molar-refractivity contribution in [3.05, 3.63) is 23.5 Å². The predicted octanol–water partition coefficient (Wildman–Crippen LogP) is 2.92. The minimum absolute atomic E-state index is 0.640. The van der Waals surface area contributed by atoms with Crippen LogP contribution in [0.15, 0.2) is 12.2 Å². The fourth-order valence-electron chi connectivity index (χ4n) is 3.25. The standard InChI is InChI=1S/C10H15N3OS.C9H13N3OS/c1-3-14-10-9(11-15-12-10)8-5-4-6-13(2)7-8;1-12-5-3-4-7(6-12)8-9(13-2)11-14-10-8/h5H,3-4,6-7H2,1-2H3;4H,3,5-6H2,1-2H3. The molecule has 0 N–H and O–H groups in total. The van der Waals surface area contributed by atoms with Gasteiger partial charge >= 0.3 is 0 Å². The van der Waals surface area contributed by atoms with Crippen molar-refractivity contribution in [1.29, 1.82) is 0 Å². The van der Waals surface area contributed by atoms with Crippen LogP contribution in [0.4, 0.5) is 0 Å². The molecule has 0 spiro atoms. The van der Waals surface area contributed by atoms with Crippen LogP contribution in [0.2, 0.25) is 0 Å². The molecule has 8 nitrogen and oxygen atoms in total. The first-order chi connectivity index (χ1) is 14.1. The third-order valence-corrected chi connectivity index (χ3v) is 5.71. The number of rotatable bonds is 5. The largest absolute Gasteiger partial charge is 0.479 e. The van der Waals surface area contributed by atoms with Gasteiger partial charge in [-0.1, -0.05) is 12.2 Å². The third-order valence-electron chi connectivity index (χ3n) is 4.68. The second kappa shape index (κ2) is 10.8. The highest BCUT2D eigenvalue weighted by Gasteiger charge is 2.18. The van der Waals surface area contributed by atoms with Crippen LogP contribution >= 0.6 is 23.5 Å². The van der Waals surface area contributed by atoms with Gasteiger partial charge in [0.2, 0.25) is 0 Å². The van der Waals surface area contributed by atoms with Crippen LogP contribution in [0.3, 0.4) is 0 Å². The van der Waals surface area contributed by atoms with E-state index < -0.39 is 0 Å². The van der Waals surface area contributed by atoms with Gasteiger partial charge in [-0.2, -0.15) is 8.75 Å². The van der Waals surface area contributed by atoms with Gasteiger partial charge in [-0.15, -0.1) is 8.75 Å². The van der Waals surface area contributed by atoms with E-state index in [1.807, 2.05) is 6.92 Å². The highest BCUT2D eigenvalue weighted by molar-refractivity contribution is 6.99. The average molecular weight is 437 g/mol. The lowest BCUT2D eigenvalue weighted by Gasteiger charge is -2.21. The van der Waals surface area contributed by atoms with Crippen LogP contribution in [0.1, 0.15) is 31.2 Å². The lowest BCUT2D eigenvalue weighted by molar-refractivity contribution is 0.327. The Hall–Kier alpha value is -1.88. The molecule has 0 saturated carbocycles. The summed E-state index contributed by atoms with van der Waals surface area (Å²) in [5.74, 6) is 1.33. The number of nitrogens with zero attached hydrogens (tertiary/aromatic N) is 6. The first-order valence-corrected chi connectivity index (χ1v) is 11.2. The molecule has 0 aliphatic carbocycles. The molecular weight excluding hydrogens is 408 g/mol. The Morgan fingerprint density at radius 3 is 1.86 bits per heavy atom. The molecule has 0 unspecified atom stereocenters. The second-order valence-electron chi connectivity index (χ2n) is 6.98. The topological polar surface area (TPSA) is 76.5 Å².